The van der Waals surface area contributed by atoms with E-state index in [-0.39, 0.29) is 16.6 Å². The van der Waals surface area contributed by atoms with Gasteiger partial charge < -0.3 is 25.0 Å². The lowest BCUT2D eigenvalue weighted by atomic mass is 9.56. The van der Waals surface area contributed by atoms with Gasteiger partial charge in [0, 0.05) is 43.9 Å². The van der Waals surface area contributed by atoms with E-state index in [1.165, 1.54) is 0 Å². The normalized spacial score (nSPS) is 31.5. The van der Waals surface area contributed by atoms with Gasteiger partial charge in [-0.1, -0.05) is 13.8 Å². The van der Waals surface area contributed by atoms with Gasteiger partial charge in [0.15, 0.2) is 5.96 Å². The first-order valence-electron chi connectivity index (χ1n) is 9.56. The van der Waals surface area contributed by atoms with Crippen LogP contribution in [0.1, 0.15) is 47.0 Å². The Morgan fingerprint density at radius 2 is 1.88 bits per heavy atom. The molecule has 2 rings (SSSR count). The van der Waals surface area contributed by atoms with Gasteiger partial charge in [-0.05, 0) is 47.2 Å². The summed E-state index contributed by atoms with van der Waals surface area (Å²) >= 11 is 0. The van der Waals surface area contributed by atoms with Crippen molar-refractivity contribution in [3.63, 3.8) is 0 Å². The monoisotopic (exact) mass is 354 g/mol. The smallest absolute Gasteiger partial charge is 0.191 e. The SMILES string of the molecule is CCNC(=NCC1(N(C)C)CCOCC1)NC1CC(C)(OC)C1(C)C. The van der Waals surface area contributed by atoms with Gasteiger partial charge in [-0.3, -0.25) is 4.99 Å². The first-order chi connectivity index (χ1) is 11.7. The van der Waals surface area contributed by atoms with Crippen LogP contribution in [0.2, 0.25) is 0 Å². The highest BCUT2D eigenvalue weighted by Gasteiger charge is 2.58. The summed E-state index contributed by atoms with van der Waals surface area (Å²) < 4.78 is 11.3. The Bertz CT molecular complexity index is 472. The molecule has 2 fully saturated rings. The van der Waals surface area contributed by atoms with Crippen LogP contribution < -0.4 is 10.6 Å². The maximum absolute atomic E-state index is 5.74. The number of hydrogen-bond acceptors (Lipinski definition) is 4. The number of aliphatic imine (C=N–C) groups is 1. The van der Waals surface area contributed by atoms with Crippen LogP contribution in [-0.4, -0.2) is 75.5 Å². The number of nitrogens with one attached hydrogen (secondary N) is 2. The minimum atomic E-state index is -0.0758. The predicted molar refractivity (Wildman–Crippen MR) is 103 cm³/mol. The molecule has 0 aromatic rings. The molecule has 0 bridgehead atoms. The Balaban J connectivity index is 2.06. The number of guanidine groups is 1. The third-order valence-electron chi connectivity index (χ3n) is 6.84. The Morgan fingerprint density at radius 1 is 1.24 bits per heavy atom. The molecule has 0 spiro atoms. The van der Waals surface area contributed by atoms with Crippen LogP contribution in [0.4, 0.5) is 0 Å². The summed E-state index contributed by atoms with van der Waals surface area (Å²) in [5, 5.41) is 7.05. The van der Waals surface area contributed by atoms with Crippen LogP contribution in [0, 0.1) is 5.41 Å². The van der Waals surface area contributed by atoms with Gasteiger partial charge in [0.05, 0.1) is 12.1 Å². The van der Waals surface area contributed by atoms with Crippen LogP contribution in [-0.2, 0) is 9.47 Å². The summed E-state index contributed by atoms with van der Waals surface area (Å²) in [5.41, 5.74) is 0.0835. The van der Waals surface area contributed by atoms with Crippen molar-refractivity contribution in [1.82, 2.24) is 15.5 Å². The zero-order valence-electron chi connectivity index (χ0n) is 17.2. The molecule has 0 radical (unpaired) electrons. The Hall–Kier alpha value is -0.850. The topological polar surface area (TPSA) is 58.1 Å². The fourth-order valence-corrected chi connectivity index (χ4v) is 3.93. The van der Waals surface area contributed by atoms with Gasteiger partial charge in [0.2, 0.25) is 0 Å². The van der Waals surface area contributed by atoms with Crippen molar-refractivity contribution in [2.24, 2.45) is 10.4 Å². The fraction of sp³-hybridized carbons (Fsp3) is 0.947. The van der Waals surface area contributed by atoms with Crippen LogP contribution in [0.25, 0.3) is 0 Å². The fourth-order valence-electron chi connectivity index (χ4n) is 3.93. The zero-order valence-corrected chi connectivity index (χ0v) is 17.2. The number of rotatable bonds is 6. The lowest BCUT2D eigenvalue weighted by molar-refractivity contribution is -0.176. The molecule has 1 heterocycles. The van der Waals surface area contributed by atoms with E-state index >= 15 is 0 Å². The third kappa shape index (κ3) is 3.96. The van der Waals surface area contributed by atoms with Crippen molar-refractivity contribution < 1.29 is 9.47 Å². The van der Waals surface area contributed by atoms with E-state index in [1.807, 2.05) is 7.11 Å². The molecular weight excluding hydrogens is 316 g/mol. The molecular formula is C19H38N4O2. The first kappa shape index (κ1) is 20.5. The van der Waals surface area contributed by atoms with E-state index < -0.39 is 0 Å². The van der Waals surface area contributed by atoms with Crippen molar-refractivity contribution in [2.45, 2.75) is 64.1 Å². The van der Waals surface area contributed by atoms with Gasteiger partial charge in [-0.15, -0.1) is 0 Å². The molecule has 1 aliphatic heterocycles. The predicted octanol–water partition coefficient (Wildman–Crippen LogP) is 1.86. The molecule has 0 aromatic heterocycles. The van der Waals surface area contributed by atoms with Gasteiger partial charge >= 0.3 is 0 Å². The molecule has 146 valence electrons. The minimum absolute atomic E-state index is 0.0653. The van der Waals surface area contributed by atoms with E-state index in [0.29, 0.717) is 6.04 Å². The summed E-state index contributed by atoms with van der Waals surface area (Å²) in [5.74, 6) is 0.909. The number of ether oxygens (including phenoxy) is 2. The molecule has 2 unspecified atom stereocenters. The molecule has 1 aliphatic carbocycles. The Kier molecular flexibility index (Phi) is 6.39. The summed E-state index contributed by atoms with van der Waals surface area (Å²) in [7, 11) is 6.11. The number of nitrogens with zero attached hydrogens (tertiary/aromatic N) is 2. The highest BCUT2D eigenvalue weighted by Crippen LogP contribution is 2.51. The number of likely N-dealkylation sites (N-methyl/N-ethyl adjacent to an activating group) is 1. The molecule has 2 aliphatic rings. The van der Waals surface area contributed by atoms with Crippen molar-refractivity contribution in [2.75, 3.05) is 47.5 Å². The van der Waals surface area contributed by atoms with Gasteiger partial charge in [0.1, 0.15) is 0 Å². The van der Waals surface area contributed by atoms with Crippen LogP contribution in [0.3, 0.4) is 0 Å². The molecule has 25 heavy (non-hydrogen) atoms. The standard InChI is InChI=1S/C19H38N4O2/c1-8-20-16(22-15-13-18(4,24-7)17(15,2)3)21-14-19(23(5)6)9-11-25-12-10-19/h15H,8-14H2,1-7H3,(H2,20,21,22). The molecule has 2 atom stereocenters. The summed E-state index contributed by atoms with van der Waals surface area (Å²) in [6.45, 7) is 12.1. The van der Waals surface area contributed by atoms with Gasteiger partial charge in [-0.2, -0.15) is 0 Å². The average Bonchev–Trinajstić information content (AvgIpc) is 2.59. The largest absolute Gasteiger partial charge is 0.381 e. The van der Waals surface area contributed by atoms with Crippen LogP contribution >= 0.6 is 0 Å². The molecule has 6 heteroatoms. The molecule has 6 nitrogen and oxygen atoms in total. The number of methoxy groups -OCH3 is 1. The maximum Gasteiger partial charge on any atom is 0.191 e. The van der Waals surface area contributed by atoms with Gasteiger partial charge in [-0.25, -0.2) is 0 Å². The van der Waals surface area contributed by atoms with E-state index in [4.69, 9.17) is 14.5 Å². The van der Waals surface area contributed by atoms with Crippen molar-refractivity contribution in [3.05, 3.63) is 0 Å². The first-order valence-corrected chi connectivity index (χ1v) is 9.56. The summed E-state index contributed by atoms with van der Waals surface area (Å²) in [4.78, 5) is 7.27. The van der Waals surface area contributed by atoms with E-state index in [0.717, 1.165) is 51.5 Å². The molecule has 2 N–H and O–H groups in total. The highest BCUT2D eigenvalue weighted by atomic mass is 16.5. The lowest BCUT2D eigenvalue weighted by Gasteiger charge is -2.59. The summed E-state index contributed by atoms with van der Waals surface area (Å²) in [6, 6.07) is 0.361. The summed E-state index contributed by atoms with van der Waals surface area (Å²) in [6.07, 6.45) is 3.05. The minimum Gasteiger partial charge on any atom is -0.381 e. The molecule has 1 saturated heterocycles. The molecule has 1 saturated carbocycles. The van der Waals surface area contributed by atoms with Crippen LogP contribution in [0.15, 0.2) is 4.99 Å². The highest BCUT2D eigenvalue weighted by molar-refractivity contribution is 5.80. The second-order valence-corrected chi connectivity index (χ2v) is 8.48. The second-order valence-electron chi connectivity index (χ2n) is 8.48. The van der Waals surface area contributed by atoms with E-state index in [2.05, 4.69) is 57.3 Å². The quantitative estimate of drug-likeness (QED) is 0.563. The lowest BCUT2D eigenvalue weighted by Crippen LogP contribution is -2.69. The second kappa shape index (κ2) is 7.80. The Morgan fingerprint density at radius 3 is 2.36 bits per heavy atom. The van der Waals surface area contributed by atoms with Crippen molar-refractivity contribution >= 4 is 5.96 Å². The third-order valence-corrected chi connectivity index (χ3v) is 6.84. The van der Waals surface area contributed by atoms with Crippen molar-refractivity contribution in [3.8, 4) is 0 Å². The molecule has 0 amide bonds. The van der Waals surface area contributed by atoms with Crippen LogP contribution in [0.5, 0.6) is 0 Å². The van der Waals surface area contributed by atoms with Crippen molar-refractivity contribution in [1.29, 1.82) is 0 Å². The van der Waals surface area contributed by atoms with Gasteiger partial charge in [0.25, 0.3) is 0 Å². The van der Waals surface area contributed by atoms with E-state index in [9.17, 15) is 0 Å². The Labute approximate surface area is 153 Å². The number of hydrogen-bond donors (Lipinski definition) is 2. The maximum atomic E-state index is 5.74. The average molecular weight is 355 g/mol. The molecule has 0 aromatic carbocycles. The zero-order chi connectivity index (χ0) is 18.7. The van der Waals surface area contributed by atoms with E-state index in [1.54, 1.807) is 0 Å².